The van der Waals surface area contributed by atoms with Crippen molar-refractivity contribution in [2.45, 2.75) is 51.1 Å². The number of aromatic nitrogens is 1. The standard InChI is InChI=1S/C23H29N3/c1-15-4-8-20-19(12-15)22-18-7-9-21(25(3)14-18)23(22)26(20)11-10-17-6-5-16(2)24-13-17/h4-6,8,12-13,18,21-23H,7,9-11,14H2,1-3H3. The average Bonchev–Trinajstić information content (AvgIpc) is 2.97. The Morgan fingerprint density at radius 2 is 2.00 bits per heavy atom. The van der Waals surface area contributed by atoms with Crippen LogP contribution in [0.15, 0.2) is 36.5 Å². The normalized spacial score (nSPS) is 29.7. The van der Waals surface area contributed by atoms with Crippen LogP contribution in [0.2, 0.25) is 0 Å². The van der Waals surface area contributed by atoms with Gasteiger partial charge in [0.1, 0.15) is 0 Å². The Morgan fingerprint density at radius 3 is 2.77 bits per heavy atom. The third kappa shape index (κ3) is 2.48. The first kappa shape index (κ1) is 16.3. The fourth-order valence-corrected chi connectivity index (χ4v) is 5.81. The first-order valence-corrected chi connectivity index (χ1v) is 10.1. The molecule has 26 heavy (non-hydrogen) atoms. The number of benzene rings is 1. The maximum atomic E-state index is 4.49. The van der Waals surface area contributed by atoms with Crippen molar-refractivity contribution in [2.75, 3.05) is 25.0 Å². The number of likely N-dealkylation sites (N-methyl/N-ethyl adjacent to an activating group) is 1. The molecule has 136 valence electrons. The molecule has 3 fully saturated rings. The van der Waals surface area contributed by atoms with E-state index in [1.165, 1.54) is 36.2 Å². The van der Waals surface area contributed by atoms with E-state index in [0.29, 0.717) is 12.1 Å². The molecule has 4 aliphatic rings. The summed E-state index contributed by atoms with van der Waals surface area (Å²) in [6.07, 6.45) is 5.89. The summed E-state index contributed by atoms with van der Waals surface area (Å²) in [5.74, 6) is 1.55. The second-order valence-corrected chi connectivity index (χ2v) is 8.67. The largest absolute Gasteiger partial charge is 0.366 e. The molecule has 3 aliphatic heterocycles. The number of hydrogen-bond acceptors (Lipinski definition) is 3. The zero-order valence-corrected chi connectivity index (χ0v) is 16.2. The number of pyridine rings is 1. The minimum absolute atomic E-state index is 0.655. The third-order valence-electron chi connectivity index (χ3n) is 7.02. The lowest BCUT2D eigenvalue weighted by Gasteiger charge is -2.53. The molecule has 3 heteroatoms. The van der Waals surface area contributed by atoms with Gasteiger partial charge in [0, 0.05) is 42.6 Å². The summed E-state index contributed by atoms with van der Waals surface area (Å²) in [6, 6.07) is 12.9. The number of aryl methyl sites for hydroxylation is 2. The van der Waals surface area contributed by atoms with Crippen molar-refractivity contribution in [1.82, 2.24) is 9.88 Å². The smallest absolute Gasteiger partial charge is 0.0517 e. The minimum Gasteiger partial charge on any atom is -0.366 e. The molecule has 0 radical (unpaired) electrons. The summed E-state index contributed by atoms with van der Waals surface area (Å²) in [5.41, 5.74) is 6.98. The fourth-order valence-electron chi connectivity index (χ4n) is 5.81. The average molecular weight is 348 g/mol. The molecule has 4 atom stereocenters. The van der Waals surface area contributed by atoms with Crippen LogP contribution in [0.5, 0.6) is 0 Å². The number of piperidine rings is 2. The van der Waals surface area contributed by atoms with Gasteiger partial charge in [0.05, 0.1) is 6.04 Å². The van der Waals surface area contributed by atoms with Gasteiger partial charge in [-0.15, -0.1) is 0 Å². The van der Waals surface area contributed by atoms with Crippen molar-refractivity contribution in [2.24, 2.45) is 5.92 Å². The lowest BCUT2D eigenvalue weighted by atomic mass is 9.67. The van der Waals surface area contributed by atoms with Gasteiger partial charge in [-0.2, -0.15) is 0 Å². The molecule has 0 amide bonds. The van der Waals surface area contributed by atoms with E-state index in [0.717, 1.165) is 30.5 Å². The molecular weight excluding hydrogens is 318 g/mol. The predicted molar refractivity (Wildman–Crippen MR) is 107 cm³/mol. The van der Waals surface area contributed by atoms with Gasteiger partial charge in [-0.05, 0) is 69.3 Å². The Balaban J connectivity index is 1.48. The van der Waals surface area contributed by atoms with Crippen molar-refractivity contribution in [3.05, 3.63) is 58.9 Å². The number of rotatable bonds is 3. The van der Waals surface area contributed by atoms with Gasteiger partial charge >= 0.3 is 0 Å². The maximum Gasteiger partial charge on any atom is 0.0517 e. The molecule has 1 aliphatic carbocycles. The van der Waals surface area contributed by atoms with Crippen molar-refractivity contribution in [3.8, 4) is 0 Å². The molecule has 1 aromatic carbocycles. The Labute approximate surface area is 157 Å². The second-order valence-electron chi connectivity index (χ2n) is 8.67. The molecule has 2 aromatic rings. The number of nitrogens with zero attached hydrogens (tertiary/aromatic N) is 3. The highest BCUT2D eigenvalue weighted by atomic mass is 15.3. The van der Waals surface area contributed by atoms with Crippen LogP contribution in [-0.2, 0) is 6.42 Å². The maximum absolute atomic E-state index is 4.49. The molecule has 6 rings (SSSR count). The molecular formula is C23H29N3. The van der Waals surface area contributed by atoms with Gasteiger partial charge in [0.2, 0.25) is 0 Å². The zero-order chi connectivity index (χ0) is 17.8. The van der Waals surface area contributed by atoms with Gasteiger partial charge in [0.15, 0.2) is 0 Å². The molecule has 0 spiro atoms. The molecule has 3 nitrogen and oxygen atoms in total. The lowest BCUT2D eigenvalue weighted by molar-refractivity contribution is 0.0370. The highest BCUT2D eigenvalue weighted by molar-refractivity contribution is 5.64. The highest BCUT2D eigenvalue weighted by Crippen LogP contribution is 2.54. The van der Waals surface area contributed by atoms with Crippen LogP contribution in [0.25, 0.3) is 0 Å². The summed E-state index contributed by atoms with van der Waals surface area (Å²) in [7, 11) is 2.34. The Bertz CT molecular complexity index is 813. The van der Waals surface area contributed by atoms with E-state index in [4.69, 9.17) is 0 Å². The first-order chi connectivity index (χ1) is 12.6. The molecule has 0 N–H and O–H groups in total. The molecule has 2 bridgehead atoms. The van der Waals surface area contributed by atoms with Gasteiger partial charge in [-0.1, -0.05) is 23.8 Å². The first-order valence-electron chi connectivity index (χ1n) is 10.1. The Morgan fingerprint density at radius 1 is 1.12 bits per heavy atom. The minimum atomic E-state index is 0.655. The van der Waals surface area contributed by atoms with Crippen molar-refractivity contribution < 1.29 is 0 Å². The van der Waals surface area contributed by atoms with Crippen LogP contribution < -0.4 is 4.90 Å². The van der Waals surface area contributed by atoms with E-state index in [-0.39, 0.29) is 0 Å². The van der Waals surface area contributed by atoms with Gasteiger partial charge < -0.3 is 9.80 Å². The van der Waals surface area contributed by atoms with Crippen LogP contribution in [-0.4, -0.2) is 42.1 Å². The molecule has 1 saturated carbocycles. The number of anilines is 1. The van der Waals surface area contributed by atoms with E-state index in [9.17, 15) is 0 Å². The Hall–Kier alpha value is -1.87. The molecule has 4 unspecified atom stereocenters. The van der Waals surface area contributed by atoms with Crippen molar-refractivity contribution in [1.29, 1.82) is 0 Å². The van der Waals surface area contributed by atoms with Crippen molar-refractivity contribution >= 4 is 5.69 Å². The SMILES string of the molecule is Cc1ccc2c(c1)C1C3CCC(C1N2CCc1ccc(C)nc1)N(C)C3. The van der Waals surface area contributed by atoms with Crippen LogP contribution in [0.1, 0.15) is 41.1 Å². The number of fused-ring (bicyclic) bond motifs is 3. The van der Waals surface area contributed by atoms with E-state index in [2.05, 4.69) is 72.2 Å². The van der Waals surface area contributed by atoms with E-state index < -0.39 is 0 Å². The second kappa shape index (κ2) is 6.09. The summed E-state index contributed by atoms with van der Waals surface area (Å²) in [5, 5.41) is 0. The topological polar surface area (TPSA) is 19.4 Å². The van der Waals surface area contributed by atoms with E-state index >= 15 is 0 Å². The van der Waals surface area contributed by atoms with Gasteiger partial charge in [-0.25, -0.2) is 0 Å². The quantitative estimate of drug-likeness (QED) is 0.838. The zero-order valence-electron chi connectivity index (χ0n) is 16.2. The molecule has 2 saturated heterocycles. The van der Waals surface area contributed by atoms with Crippen LogP contribution in [0.4, 0.5) is 5.69 Å². The van der Waals surface area contributed by atoms with Gasteiger partial charge in [-0.3, -0.25) is 4.98 Å². The van der Waals surface area contributed by atoms with Crippen LogP contribution in [0.3, 0.4) is 0 Å². The monoisotopic (exact) mass is 347 g/mol. The van der Waals surface area contributed by atoms with Crippen LogP contribution in [0, 0.1) is 19.8 Å². The Kier molecular flexibility index (Phi) is 3.82. The summed E-state index contributed by atoms with van der Waals surface area (Å²) in [4.78, 5) is 9.86. The lowest BCUT2D eigenvalue weighted by Crippen LogP contribution is -2.61. The predicted octanol–water partition coefficient (Wildman–Crippen LogP) is 3.94. The van der Waals surface area contributed by atoms with Crippen molar-refractivity contribution in [3.63, 3.8) is 0 Å². The molecule has 4 heterocycles. The third-order valence-corrected chi connectivity index (χ3v) is 7.02. The summed E-state index contributed by atoms with van der Waals surface area (Å²) in [6.45, 7) is 6.67. The number of hydrogen-bond donors (Lipinski definition) is 0. The molecule has 1 aromatic heterocycles. The summed E-state index contributed by atoms with van der Waals surface area (Å²) >= 11 is 0. The van der Waals surface area contributed by atoms with E-state index in [1.807, 2.05) is 0 Å². The highest BCUT2D eigenvalue weighted by Gasteiger charge is 2.53. The summed E-state index contributed by atoms with van der Waals surface area (Å²) < 4.78 is 0. The van der Waals surface area contributed by atoms with Crippen LogP contribution >= 0.6 is 0 Å². The van der Waals surface area contributed by atoms with Gasteiger partial charge in [0.25, 0.3) is 0 Å². The fraction of sp³-hybridized carbons (Fsp3) is 0.522. The van der Waals surface area contributed by atoms with E-state index in [1.54, 1.807) is 5.56 Å².